The van der Waals surface area contributed by atoms with Gasteiger partial charge < -0.3 is 9.84 Å². The van der Waals surface area contributed by atoms with Crippen LogP contribution >= 0.6 is 0 Å². The van der Waals surface area contributed by atoms with E-state index in [0.29, 0.717) is 30.5 Å². The van der Waals surface area contributed by atoms with E-state index in [1.54, 1.807) is 24.3 Å². The molecule has 0 atom stereocenters. The van der Waals surface area contributed by atoms with Crippen LogP contribution in [0.3, 0.4) is 0 Å². The molecule has 2 rings (SSSR count). The first kappa shape index (κ1) is 16.9. The van der Waals surface area contributed by atoms with Crippen LogP contribution in [0, 0.1) is 0 Å². The number of esters is 1. The Morgan fingerprint density at radius 3 is 2.43 bits per heavy atom. The zero-order valence-corrected chi connectivity index (χ0v) is 13.6. The predicted octanol–water partition coefficient (Wildman–Crippen LogP) is 3.91. The number of rotatable bonds is 3. The SMILES string of the molecule is CC(C)(C)OC(=O)c1ccc(N=CC2=C(O)CCCC2=O)cc1. The van der Waals surface area contributed by atoms with Crippen LogP contribution in [0.25, 0.3) is 0 Å². The van der Waals surface area contributed by atoms with Crippen molar-refractivity contribution in [2.24, 2.45) is 4.99 Å². The number of carbonyl (C=O) groups excluding carboxylic acids is 2. The van der Waals surface area contributed by atoms with Crippen molar-refractivity contribution in [1.82, 2.24) is 0 Å². The summed E-state index contributed by atoms with van der Waals surface area (Å²) in [4.78, 5) is 27.8. The van der Waals surface area contributed by atoms with E-state index in [1.165, 1.54) is 6.21 Å². The quantitative estimate of drug-likeness (QED) is 0.678. The Morgan fingerprint density at radius 1 is 1.22 bits per heavy atom. The summed E-state index contributed by atoms with van der Waals surface area (Å²) in [5, 5.41) is 9.75. The molecule has 1 N–H and O–H groups in total. The third-order valence-corrected chi connectivity index (χ3v) is 3.27. The molecule has 0 bridgehead atoms. The van der Waals surface area contributed by atoms with Gasteiger partial charge in [-0.15, -0.1) is 0 Å². The normalized spacial score (nSPS) is 16.0. The molecule has 1 aliphatic rings. The topological polar surface area (TPSA) is 76.0 Å². The van der Waals surface area contributed by atoms with E-state index in [4.69, 9.17) is 4.74 Å². The highest BCUT2D eigenvalue weighted by Gasteiger charge is 2.19. The van der Waals surface area contributed by atoms with Gasteiger partial charge in [0, 0.05) is 19.1 Å². The molecule has 0 fully saturated rings. The average molecular weight is 315 g/mol. The molecule has 0 amide bonds. The van der Waals surface area contributed by atoms with Crippen LogP contribution in [0.5, 0.6) is 0 Å². The predicted molar refractivity (Wildman–Crippen MR) is 88.3 cm³/mol. The summed E-state index contributed by atoms with van der Waals surface area (Å²) in [5.41, 5.74) is 0.761. The Balaban J connectivity index is 2.10. The molecule has 1 aromatic rings. The van der Waals surface area contributed by atoms with Gasteiger partial charge >= 0.3 is 5.97 Å². The van der Waals surface area contributed by atoms with Crippen LogP contribution in [0.2, 0.25) is 0 Å². The van der Waals surface area contributed by atoms with E-state index in [0.717, 1.165) is 0 Å². The molecule has 0 aliphatic heterocycles. The monoisotopic (exact) mass is 315 g/mol. The molecule has 5 heteroatoms. The Hall–Kier alpha value is -2.43. The summed E-state index contributed by atoms with van der Waals surface area (Å²) in [7, 11) is 0. The lowest BCUT2D eigenvalue weighted by atomic mass is 9.97. The van der Waals surface area contributed by atoms with E-state index in [2.05, 4.69) is 4.99 Å². The van der Waals surface area contributed by atoms with Crippen molar-refractivity contribution in [2.75, 3.05) is 0 Å². The molecule has 5 nitrogen and oxygen atoms in total. The van der Waals surface area contributed by atoms with Gasteiger partial charge in [0.05, 0.1) is 16.8 Å². The number of aliphatic hydroxyl groups excluding tert-OH is 1. The number of benzene rings is 1. The molecular weight excluding hydrogens is 294 g/mol. The van der Waals surface area contributed by atoms with Crippen LogP contribution < -0.4 is 0 Å². The molecule has 0 spiro atoms. The lowest BCUT2D eigenvalue weighted by Crippen LogP contribution is -2.23. The van der Waals surface area contributed by atoms with Crippen LogP contribution in [0.15, 0.2) is 40.6 Å². The van der Waals surface area contributed by atoms with E-state index in [-0.39, 0.29) is 17.1 Å². The fourth-order valence-corrected chi connectivity index (χ4v) is 2.15. The largest absolute Gasteiger partial charge is 0.512 e. The van der Waals surface area contributed by atoms with Crippen LogP contribution in [0.1, 0.15) is 50.4 Å². The fraction of sp³-hybridized carbons (Fsp3) is 0.389. The number of Topliss-reactive ketones (excluding diaryl/α,β-unsaturated/α-hetero) is 1. The molecule has 0 saturated carbocycles. The molecule has 1 aliphatic carbocycles. The van der Waals surface area contributed by atoms with Crippen molar-refractivity contribution in [3.8, 4) is 0 Å². The molecule has 0 radical (unpaired) electrons. The van der Waals surface area contributed by atoms with Crippen LogP contribution in [-0.4, -0.2) is 28.7 Å². The molecule has 1 aromatic carbocycles. The Bertz CT molecular complexity index is 663. The Morgan fingerprint density at radius 2 is 1.87 bits per heavy atom. The van der Waals surface area contributed by atoms with Crippen LogP contribution in [-0.2, 0) is 9.53 Å². The number of aliphatic hydroxyl groups is 1. The van der Waals surface area contributed by atoms with Gasteiger partial charge in [0.25, 0.3) is 0 Å². The number of aliphatic imine (C=N–C) groups is 1. The highest BCUT2D eigenvalue weighted by molar-refractivity contribution is 6.14. The lowest BCUT2D eigenvalue weighted by molar-refractivity contribution is -0.115. The van der Waals surface area contributed by atoms with Gasteiger partial charge in [0.15, 0.2) is 5.78 Å². The first-order valence-electron chi connectivity index (χ1n) is 7.59. The third-order valence-electron chi connectivity index (χ3n) is 3.27. The molecular formula is C18H21NO4. The van der Waals surface area contributed by atoms with Crippen molar-refractivity contribution < 1.29 is 19.4 Å². The minimum absolute atomic E-state index is 0.0929. The lowest BCUT2D eigenvalue weighted by Gasteiger charge is -2.19. The second-order valence-corrected chi connectivity index (χ2v) is 6.44. The molecule has 0 unspecified atom stereocenters. The first-order chi connectivity index (χ1) is 10.8. The van der Waals surface area contributed by atoms with Crippen molar-refractivity contribution in [2.45, 2.75) is 45.6 Å². The maximum absolute atomic E-state index is 11.9. The Labute approximate surface area is 135 Å². The van der Waals surface area contributed by atoms with Crippen molar-refractivity contribution in [3.63, 3.8) is 0 Å². The van der Waals surface area contributed by atoms with Gasteiger partial charge in [0.2, 0.25) is 0 Å². The summed E-state index contributed by atoms with van der Waals surface area (Å²) in [6.07, 6.45) is 3.00. The maximum Gasteiger partial charge on any atom is 0.338 e. The van der Waals surface area contributed by atoms with Gasteiger partial charge in [-0.25, -0.2) is 4.79 Å². The number of allylic oxidation sites excluding steroid dienone is 2. The second kappa shape index (κ2) is 6.77. The van der Waals surface area contributed by atoms with Crippen LogP contribution in [0.4, 0.5) is 5.69 Å². The van der Waals surface area contributed by atoms with Gasteiger partial charge in [-0.3, -0.25) is 9.79 Å². The van der Waals surface area contributed by atoms with E-state index in [1.807, 2.05) is 20.8 Å². The van der Waals surface area contributed by atoms with E-state index >= 15 is 0 Å². The molecule has 23 heavy (non-hydrogen) atoms. The fourth-order valence-electron chi connectivity index (χ4n) is 2.15. The molecule has 0 aromatic heterocycles. The third kappa shape index (κ3) is 4.77. The highest BCUT2D eigenvalue weighted by Crippen LogP contribution is 2.21. The smallest absolute Gasteiger partial charge is 0.338 e. The number of ketones is 1. The summed E-state index contributed by atoms with van der Waals surface area (Å²) < 4.78 is 5.28. The first-order valence-corrected chi connectivity index (χ1v) is 7.59. The Kier molecular flexibility index (Phi) is 4.98. The van der Waals surface area contributed by atoms with Crippen molar-refractivity contribution in [1.29, 1.82) is 0 Å². The minimum Gasteiger partial charge on any atom is -0.512 e. The number of hydrogen-bond acceptors (Lipinski definition) is 5. The zero-order chi connectivity index (χ0) is 17.0. The van der Waals surface area contributed by atoms with Gasteiger partial charge in [-0.05, 0) is 51.5 Å². The second-order valence-electron chi connectivity index (χ2n) is 6.44. The molecule has 0 heterocycles. The molecule has 0 saturated heterocycles. The summed E-state index contributed by atoms with van der Waals surface area (Å²) >= 11 is 0. The minimum atomic E-state index is -0.542. The van der Waals surface area contributed by atoms with Crippen molar-refractivity contribution in [3.05, 3.63) is 41.2 Å². The standard InChI is InChI=1S/C18H21NO4/c1-18(2,3)23-17(22)12-7-9-13(10-8-12)19-11-14-15(20)5-4-6-16(14)21/h7-11,20H,4-6H2,1-3H3. The van der Waals surface area contributed by atoms with Gasteiger partial charge in [0.1, 0.15) is 11.4 Å². The average Bonchev–Trinajstić information content (AvgIpc) is 2.45. The zero-order valence-electron chi connectivity index (χ0n) is 13.6. The number of nitrogens with zero attached hydrogens (tertiary/aromatic N) is 1. The van der Waals surface area contributed by atoms with E-state index in [9.17, 15) is 14.7 Å². The number of hydrogen-bond donors (Lipinski definition) is 1. The van der Waals surface area contributed by atoms with Crippen molar-refractivity contribution >= 4 is 23.7 Å². The molecule has 122 valence electrons. The highest BCUT2D eigenvalue weighted by atomic mass is 16.6. The maximum atomic E-state index is 11.9. The number of carbonyl (C=O) groups is 2. The number of ether oxygens (including phenoxy) is 1. The summed E-state index contributed by atoms with van der Waals surface area (Å²) in [6, 6.07) is 6.58. The van der Waals surface area contributed by atoms with Gasteiger partial charge in [-0.2, -0.15) is 0 Å². The van der Waals surface area contributed by atoms with E-state index < -0.39 is 11.6 Å². The summed E-state index contributed by atoms with van der Waals surface area (Å²) in [5.74, 6) is -0.394. The van der Waals surface area contributed by atoms with Gasteiger partial charge in [-0.1, -0.05) is 0 Å². The summed E-state index contributed by atoms with van der Waals surface area (Å²) in [6.45, 7) is 5.43.